The highest BCUT2D eigenvalue weighted by Crippen LogP contribution is 2.10. The van der Waals surface area contributed by atoms with E-state index in [4.69, 9.17) is 0 Å². The molecular formula is C13H19N3O2. The van der Waals surface area contributed by atoms with Crippen molar-refractivity contribution in [3.05, 3.63) is 29.8 Å². The van der Waals surface area contributed by atoms with Gasteiger partial charge in [-0.2, -0.15) is 0 Å². The Morgan fingerprint density at radius 3 is 2.61 bits per heavy atom. The van der Waals surface area contributed by atoms with E-state index >= 15 is 0 Å². The molecule has 0 aliphatic carbocycles. The molecule has 0 atom stereocenters. The number of hydrogen-bond acceptors (Lipinski definition) is 3. The van der Waals surface area contributed by atoms with E-state index in [2.05, 4.69) is 16.0 Å². The molecule has 0 fully saturated rings. The van der Waals surface area contributed by atoms with Gasteiger partial charge < -0.3 is 16.0 Å². The van der Waals surface area contributed by atoms with Crippen LogP contribution in [0.3, 0.4) is 0 Å². The Balaban J connectivity index is 2.73. The van der Waals surface area contributed by atoms with Gasteiger partial charge in [0.25, 0.3) is 5.91 Å². The summed E-state index contributed by atoms with van der Waals surface area (Å²) in [6, 6.07) is 6.95. The summed E-state index contributed by atoms with van der Waals surface area (Å²) < 4.78 is 0. The molecule has 0 aliphatic rings. The van der Waals surface area contributed by atoms with Crippen LogP contribution < -0.4 is 16.0 Å². The molecule has 5 nitrogen and oxygen atoms in total. The van der Waals surface area contributed by atoms with E-state index in [1.54, 1.807) is 31.3 Å². The largest absolute Gasteiger partial charge is 0.350 e. The zero-order valence-corrected chi connectivity index (χ0v) is 10.9. The third-order valence-electron chi connectivity index (χ3n) is 2.17. The maximum Gasteiger partial charge on any atom is 0.251 e. The number of carbonyl (C=O) groups excluding carboxylic acids is 2. The Morgan fingerprint density at radius 2 is 2.00 bits per heavy atom. The van der Waals surface area contributed by atoms with Crippen molar-refractivity contribution in [1.29, 1.82) is 0 Å². The van der Waals surface area contributed by atoms with Crippen LogP contribution >= 0.6 is 0 Å². The number of nitrogens with one attached hydrogen (secondary N) is 3. The molecule has 1 aromatic rings. The van der Waals surface area contributed by atoms with E-state index in [-0.39, 0.29) is 24.4 Å². The molecule has 0 spiro atoms. The molecule has 0 aliphatic heterocycles. The van der Waals surface area contributed by atoms with E-state index in [9.17, 15) is 9.59 Å². The summed E-state index contributed by atoms with van der Waals surface area (Å²) in [6.07, 6.45) is 0. The molecule has 0 heterocycles. The summed E-state index contributed by atoms with van der Waals surface area (Å²) in [5.41, 5.74) is 1.15. The normalized spacial score (nSPS) is 10.2. The van der Waals surface area contributed by atoms with Crippen molar-refractivity contribution in [2.75, 3.05) is 18.9 Å². The van der Waals surface area contributed by atoms with Crippen LogP contribution in [0.4, 0.5) is 5.69 Å². The maximum absolute atomic E-state index is 11.8. The summed E-state index contributed by atoms with van der Waals surface area (Å²) in [4.78, 5) is 23.2. The van der Waals surface area contributed by atoms with Gasteiger partial charge in [0.2, 0.25) is 5.91 Å². The van der Waals surface area contributed by atoms with Gasteiger partial charge in [-0.25, -0.2) is 0 Å². The predicted octanol–water partition coefficient (Wildman–Crippen LogP) is 0.983. The Hall–Kier alpha value is -1.88. The summed E-state index contributed by atoms with van der Waals surface area (Å²) >= 11 is 0. The molecule has 0 unspecified atom stereocenters. The van der Waals surface area contributed by atoms with Gasteiger partial charge >= 0.3 is 0 Å². The first-order valence-electron chi connectivity index (χ1n) is 5.88. The van der Waals surface area contributed by atoms with Crippen molar-refractivity contribution >= 4 is 17.5 Å². The molecule has 0 saturated heterocycles. The molecule has 98 valence electrons. The second-order valence-electron chi connectivity index (χ2n) is 4.29. The van der Waals surface area contributed by atoms with Crippen molar-refractivity contribution in [3.8, 4) is 0 Å². The van der Waals surface area contributed by atoms with Gasteiger partial charge in [0, 0.05) is 17.3 Å². The minimum absolute atomic E-state index is 0.0834. The maximum atomic E-state index is 11.8. The van der Waals surface area contributed by atoms with Crippen LogP contribution in [-0.2, 0) is 4.79 Å². The lowest BCUT2D eigenvalue weighted by Crippen LogP contribution is -2.30. The molecule has 0 radical (unpaired) electrons. The number of likely N-dealkylation sites (N-methyl/N-ethyl adjacent to an activating group) is 1. The molecule has 18 heavy (non-hydrogen) atoms. The Kier molecular flexibility index (Phi) is 5.32. The fourth-order valence-electron chi connectivity index (χ4n) is 1.45. The fourth-order valence-corrected chi connectivity index (χ4v) is 1.45. The van der Waals surface area contributed by atoms with Crippen LogP contribution in [0.1, 0.15) is 24.2 Å². The van der Waals surface area contributed by atoms with Gasteiger partial charge in [-0.3, -0.25) is 9.59 Å². The van der Waals surface area contributed by atoms with Gasteiger partial charge in [0.05, 0.1) is 6.54 Å². The average Bonchev–Trinajstić information content (AvgIpc) is 2.28. The summed E-state index contributed by atoms with van der Waals surface area (Å²) in [5, 5.41) is 8.27. The van der Waals surface area contributed by atoms with Crippen molar-refractivity contribution < 1.29 is 9.59 Å². The molecule has 0 aromatic heterocycles. The van der Waals surface area contributed by atoms with Crippen LogP contribution in [0.25, 0.3) is 0 Å². The van der Waals surface area contributed by atoms with Gasteiger partial charge in [-0.1, -0.05) is 6.07 Å². The molecule has 3 N–H and O–H groups in total. The average molecular weight is 249 g/mol. The Labute approximate surface area is 107 Å². The second kappa shape index (κ2) is 6.76. The minimum Gasteiger partial charge on any atom is -0.350 e. The molecule has 1 rings (SSSR count). The highest BCUT2D eigenvalue weighted by atomic mass is 16.2. The third kappa shape index (κ3) is 4.55. The number of rotatable bonds is 5. The first-order chi connectivity index (χ1) is 8.52. The molecular weight excluding hydrogens is 230 g/mol. The second-order valence-corrected chi connectivity index (χ2v) is 4.29. The predicted molar refractivity (Wildman–Crippen MR) is 71.6 cm³/mol. The van der Waals surface area contributed by atoms with Gasteiger partial charge in [0.15, 0.2) is 0 Å². The van der Waals surface area contributed by atoms with Crippen LogP contribution in [-0.4, -0.2) is 31.4 Å². The fraction of sp³-hybridized carbons (Fsp3) is 0.385. The lowest BCUT2D eigenvalue weighted by atomic mass is 10.1. The number of amides is 2. The highest BCUT2D eigenvalue weighted by Gasteiger charge is 2.08. The van der Waals surface area contributed by atoms with E-state index in [1.165, 1.54) is 0 Å². The lowest BCUT2D eigenvalue weighted by molar-refractivity contribution is -0.115. The first-order valence-corrected chi connectivity index (χ1v) is 5.88. The van der Waals surface area contributed by atoms with Gasteiger partial charge in [-0.05, 0) is 39.1 Å². The molecule has 1 aromatic carbocycles. The zero-order chi connectivity index (χ0) is 13.5. The Morgan fingerprint density at radius 1 is 1.28 bits per heavy atom. The quantitative estimate of drug-likeness (QED) is 0.728. The molecule has 5 heteroatoms. The van der Waals surface area contributed by atoms with Crippen LogP contribution in [0.2, 0.25) is 0 Å². The van der Waals surface area contributed by atoms with Gasteiger partial charge in [0.1, 0.15) is 0 Å². The SMILES string of the molecule is CNCC(=O)Nc1cccc(C(=O)NC(C)C)c1. The zero-order valence-electron chi connectivity index (χ0n) is 10.9. The number of hydrogen-bond donors (Lipinski definition) is 3. The molecule has 0 saturated carbocycles. The number of benzene rings is 1. The smallest absolute Gasteiger partial charge is 0.251 e. The Bertz CT molecular complexity index is 430. The van der Waals surface area contributed by atoms with Crippen molar-refractivity contribution in [1.82, 2.24) is 10.6 Å². The van der Waals surface area contributed by atoms with Crippen molar-refractivity contribution in [2.45, 2.75) is 19.9 Å². The highest BCUT2D eigenvalue weighted by molar-refractivity contribution is 5.97. The summed E-state index contributed by atoms with van der Waals surface area (Å²) in [7, 11) is 1.70. The van der Waals surface area contributed by atoms with Crippen LogP contribution in [0.15, 0.2) is 24.3 Å². The first kappa shape index (κ1) is 14.2. The molecule has 0 bridgehead atoms. The number of anilines is 1. The van der Waals surface area contributed by atoms with Crippen molar-refractivity contribution in [2.24, 2.45) is 0 Å². The van der Waals surface area contributed by atoms with Crippen LogP contribution in [0, 0.1) is 0 Å². The summed E-state index contributed by atoms with van der Waals surface area (Å²) in [6.45, 7) is 4.04. The monoisotopic (exact) mass is 249 g/mol. The standard InChI is InChI=1S/C13H19N3O2/c1-9(2)15-13(18)10-5-4-6-11(7-10)16-12(17)8-14-3/h4-7,9,14H,8H2,1-3H3,(H,15,18)(H,16,17). The molecule has 2 amide bonds. The van der Waals surface area contributed by atoms with Crippen molar-refractivity contribution in [3.63, 3.8) is 0 Å². The van der Waals surface area contributed by atoms with Crippen LogP contribution in [0.5, 0.6) is 0 Å². The van der Waals surface area contributed by atoms with Gasteiger partial charge in [-0.15, -0.1) is 0 Å². The number of carbonyl (C=O) groups is 2. The van der Waals surface area contributed by atoms with E-state index in [1.807, 2.05) is 13.8 Å². The van der Waals surface area contributed by atoms with E-state index < -0.39 is 0 Å². The lowest BCUT2D eigenvalue weighted by Gasteiger charge is -2.10. The minimum atomic E-state index is -0.144. The van der Waals surface area contributed by atoms with E-state index in [0.29, 0.717) is 11.3 Å². The third-order valence-corrected chi connectivity index (χ3v) is 2.17. The van der Waals surface area contributed by atoms with E-state index in [0.717, 1.165) is 0 Å². The topological polar surface area (TPSA) is 70.2 Å². The summed E-state index contributed by atoms with van der Waals surface area (Å²) in [5.74, 6) is -0.284.